The molecule has 1 N–H and O–H groups in total. The van der Waals surface area contributed by atoms with Crippen LogP contribution < -0.4 is 4.72 Å². The van der Waals surface area contributed by atoms with Gasteiger partial charge >= 0.3 is 0 Å². The highest BCUT2D eigenvalue weighted by molar-refractivity contribution is 7.89. The van der Waals surface area contributed by atoms with Gasteiger partial charge in [0.05, 0.1) is 10.9 Å². The van der Waals surface area contributed by atoms with Gasteiger partial charge < -0.3 is 4.90 Å². The maximum atomic E-state index is 12.7. The number of rotatable bonds is 5. The Balaban J connectivity index is 1.59. The molecule has 7 heteroatoms. The molecule has 1 saturated heterocycles. The number of piperidine rings is 1. The molecule has 1 fully saturated rings. The minimum atomic E-state index is -3.77. The molecule has 0 radical (unpaired) electrons. The SMILES string of the molecule is C[C@H](NS(=O)(=O)c1ccc(Cl)cc1)C(=O)N1CCC(c2ccccc2)CC1. The summed E-state index contributed by atoms with van der Waals surface area (Å²) in [5, 5.41) is 0.458. The average Bonchev–Trinajstić information content (AvgIpc) is 2.68. The van der Waals surface area contributed by atoms with Crippen molar-refractivity contribution >= 4 is 27.5 Å². The normalized spacial score (nSPS) is 16.9. The Morgan fingerprint density at radius 1 is 1.07 bits per heavy atom. The first-order valence-corrected chi connectivity index (χ1v) is 10.8. The summed E-state index contributed by atoms with van der Waals surface area (Å²) in [4.78, 5) is 14.5. The van der Waals surface area contributed by atoms with E-state index in [0.29, 0.717) is 24.0 Å². The third kappa shape index (κ3) is 4.89. The standard InChI is InChI=1S/C20H23ClN2O3S/c1-15(22-27(25,26)19-9-7-18(21)8-10-19)20(24)23-13-11-17(12-14-23)16-5-3-2-4-6-16/h2-10,15,17,22H,11-14H2,1H3/t15-/m0/s1. The second-order valence-corrected chi connectivity index (χ2v) is 8.96. The van der Waals surface area contributed by atoms with Gasteiger partial charge in [0.25, 0.3) is 0 Å². The predicted molar refractivity (Wildman–Crippen MR) is 106 cm³/mol. The van der Waals surface area contributed by atoms with Crippen molar-refractivity contribution in [1.29, 1.82) is 0 Å². The quantitative estimate of drug-likeness (QED) is 0.827. The van der Waals surface area contributed by atoms with Crippen LogP contribution in [0.1, 0.15) is 31.2 Å². The summed E-state index contributed by atoms with van der Waals surface area (Å²) in [6.45, 7) is 2.84. The fourth-order valence-corrected chi connectivity index (χ4v) is 4.72. The number of carbonyl (C=O) groups excluding carboxylic acids is 1. The first-order valence-electron chi connectivity index (χ1n) is 8.98. The largest absolute Gasteiger partial charge is 0.341 e. The second kappa shape index (κ2) is 8.42. The van der Waals surface area contributed by atoms with E-state index in [-0.39, 0.29) is 10.8 Å². The molecule has 0 bridgehead atoms. The minimum absolute atomic E-state index is 0.0920. The number of nitrogens with one attached hydrogen (secondary N) is 1. The zero-order valence-corrected chi connectivity index (χ0v) is 16.7. The third-order valence-electron chi connectivity index (χ3n) is 4.90. The average molecular weight is 407 g/mol. The van der Waals surface area contributed by atoms with Crippen LogP contribution in [0, 0.1) is 0 Å². The summed E-state index contributed by atoms with van der Waals surface area (Å²) in [5.41, 5.74) is 1.29. The van der Waals surface area contributed by atoms with Crippen molar-refractivity contribution in [3.8, 4) is 0 Å². The number of hydrogen-bond acceptors (Lipinski definition) is 3. The molecule has 1 aliphatic rings. The van der Waals surface area contributed by atoms with E-state index in [2.05, 4.69) is 16.9 Å². The van der Waals surface area contributed by atoms with Crippen molar-refractivity contribution in [3.05, 3.63) is 65.2 Å². The smallest absolute Gasteiger partial charge is 0.241 e. The number of likely N-dealkylation sites (tertiary alicyclic amines) is 1. The van der Waals surface area contributed by atoms with Crippen LogP contribution >= 0.6 is 11.6 Å². The highest BCUT2D eigenvalue weighted by Gasteiger charge is 2.29. The number of nitrogens with zero attached hydrogens (tertiary/aromatic N) is 1. The van der Waals surface area contributed by atoms with Crippen LogP contribution in [0.2, 0.25) is 5.02 Å². The molecule has 1 amide bonds. The van der Waals surface area contributed by atoms with E-state index < -0.39 is 16.1 Å². The van der Waals surface area contributed by atoms with E-state index >= 15 is 0 Å². The van der Waals surface area contributed by atoms with Crippen LogP contribution in [-0.2, 0) is 14.8 Å². The molecule has 3 rings (SSSR count). The van der Waals surface area contributed by atoms with Gasteiger partial charge in [-0.15, -0.1) is 0 Å². The lowest BCUT2D eigenvalue weighted by atomic mass is 9.89. The minimum Gasteiger partial charge on any atom is -0.341 e. The third-order valence-corrected chi connectivity index (χ3v) is 6.71. The molecule has 0 aliphatic carbocycles. The van der Waals surface area contributed by atoms with Gasteiger partial charge in [-0.2, -0.15) is 4.72 Å². The molecule has 0 saturated carbocycles. The molecule has 1 heterocycles. The topological polar surface area (TPSA) is 66.5 Å². The van der Waals surface area contributed by atoms with Crippen LogP contribution in [0.15, 0.2) is 59.5 Å². The van der Waals surface area contributed by atoms with Crippen molar-refractivity contribution < 1.29 is 13.2 Å². The molecule has 0 spiro atoms. The molecule has 5 nitrogen and oxygen atoms in total. The summed E-state index contributed by atoms with van der Waals surface area (Å²) in [5.74, 6) is 0.246. The number of hydrogen-bond donors (Lipinski definition) is 1. The molecular formula is C20H23ClN2O3S. The van der Waals surface area contributed by atoms with E-state index in [4.69, 9.17) is 11.6 Å². The Bertz CT molecular complexity index is 877. The van der Waals surface area contributed by atoms with Crippen molar-refractivity contribution in [2.24, 2.45) is 0 Å². The molecule has 27 heavy (non-hydrogen) atoms. The summed E-state index contributed by atoms with van der Waals surface area (Å²) in [7, 11) is -3.77. The lowest BCUT2D eigenvalue weighted by molar-refractivity contribution is -0.133. The number of benzene rings is 2. The molecule has 0 aromatic heterocycles. The van der Waals surface area contributed by atoms with Crippen molar-refractivity contribution in [2.75, 3.05) is 13.1 Å². The molecule has 2 aromatic rings. The van der Waals surface area contributed by atoms with Crippen molar-refractivity contribution in [1.82, 2.24) is 9.62 Å². The lowest BCUT2D eigenvalue weighted by Gasteiger charge is -2.33. The van der Waals surface area contributed by atoms with Gasteiger partial charge in [0.15, 0.2) is 0 Å². The van der Waals surface area contributed by atoms with Crippen LogP contribution in [0.5, 0.6) is 0 Å². The first kappa shape index (κ1) is 19.9. The van der Waals surface area contributed by atoms with E-state index in [1.165, 1.54) is 29.8 Å². The molecule has 1 atom stereocenters. The Morgan fingerprint density at radius 2 is 1.67 bits per heavy atom. The van der Waals surface area contributed by atoms with E-state index in [1.807, 2.05) is 18.2 Å². The second-order valence-electron chi connectivity index (χ2n) is 6.81. The molecule has 144 valence electrons. The van der Waals surface area contributed by atoms with Crippen LogP contribution in [0.3, 0.4) is 0 Å². The first-order chi connectivity index (χ1) is 12.9. The van der Waals surface area contributed by atoms with Gasteiger partial charge in [-0.3, -0.25) is 4.79 Å². The van der Waals surface area contributed by atoms with Crippen LogP contribution in [-0.4, -0.2) is 38.4 Å². The fraction of sp³-hybridized carbons (Fsp3) is 0.350. The van der Waals surface area contributed by atoms with Gasteiger partial charge in [-0.25, -0.2) is 8.42 Å². The van der Waals surface area contributed by atoms with Crippen LogP contribution in [0.4, 0.5) is 0 Å². The Hall–Kier alpha value is -1.89. The summed E-state index contributed by atoms with van der Waals surface area (Å²) >= 11 is 5.80. The van der Waals surface area contributed by atoms with Gasteiger partial charge in [0.2, 0.25) is 15.9 Å². The predicted octanol–water partition coefficient (Wildman–Crippen LogP) is 3.41. The van der Waals surface area contributed by atoms with Gasteiger partial charge in [-0.1, -0.05) is 41.9 Å². The zero-order chi connectivity index (χ0) is 19.4. The maximum absolute atomic E-state index is 12.7. The van der Waals surface area contributed by atoms with E-state index in [0.717, 1.165) is 12.8 Å². The van der Waals surface area contributed by atoms with Gasteiger partial charge in [0.1, 0.15) is 0 Å². The summed E-state index contributed by atoms with van der Waals surface area (Å²) in [6, 6.07) is 15.3. The number of halogens is 1. The van der Waals surface area contributed by atoms with Gasteiger partial charge in [0, 0.05) is 18.1 Å². The van der Waals surface area contributed by atoms with E-state index in [9.17, 15) is 13.2 Å². The zero-order valence-electron chi connectivity index (χ0n) is 15.1. The maximum Gasteiger partial charge on any atom is 0.241 e. The highest BCUT2D eigenvalue weighted by atomic mass is 35.5. The monoisotopic (exact) mass is 406 g/mol. The number of sulfonamides is 1. The summed E-state index contributed by atoms with van der Waals surface area (Å²) < 4.78 is 27.4. The molecule has 2 aromatic carbocycles. The molecule has 0 unspecified atom stereocenters. The Kier molecular flexibility index (Phi) is 6.19. The Labute approximate surface area is 165 Å². The van der Waals surface area contributed by atoms with Crippen LogP contribution in [0.25, 0.3) is 0 Å². The molecule has 1 aliphatic heterocycles. The lowest BCUT2D eigenvalue weighted by Crippen LogP contribution is -2.49. The number of carbonyl (C=O) groups is 1. The summed E-state index contributed by atoms with van der Waals surface area (Å²) in [6.07, 6.45) is 1.76. The van der Waals surface area contributed by atoms with Crippen molar-refractivity contribution in [3.63, 3.8) is 0 Å². The van der Waals surface area contributed by atoms with Crippen molar-refractivity contribution in [2.45, 2.75) is 36.6 Å². The van der Waals surface area contributed by atoms with Gasteiger partial charge in [-0.05, 0) is 55.5 Å². The number of amides is 1. The fourth-order valence-electron chi connectivity index (χ4n) is 3.40. The molecular weight excluding hydrogens is 384 g/mol. The highest BCUT2D eigenvalue weighted by Crippen LogP contribution is 2.28. The Morgan fingerprint density at radius 3 is 2.26 bits per heavy atom. The van der Waals surface area contributed by atoms with E-state index in [1.54, 1.807) is 11.8 Å².